The predicted molar refractivity (Wildman–Crippen MR) is 170 cm³/mol. The topological polar surface area (TPSA) is 86.8 Å². The van der Waals surface area contributed by atoms with Crippen LogP contribution in [0.5, 0.6) is 0 Å². The van der Waals surface area contributed by atoms with Crippen LogP contribution in [-0.4, -0.2) is 44.8 Å². The number of rotatable bonds is 11. The minimum Gasteiger partial charge on any atom is -0.357 e. The summed E-state index contributed by atoms with van der Waals surface area (Å²) in [6, 6.07) is 29.6. The number of hydrogen-bond acceptors (Lipinski definition) is 4. The summed E-state index contributed by atoms with van der Waals surface area (Å²) in [4.78, 5) is 29.2. The summed E-state index contributed by atoms with van der Waals surface area (Å²) >= 11 is 3.44. The maximum Gasteiger partial charge on any atom is 0.264 e. The molecule has 4 aromatic carbocycles. The van der Waals surface area contributed by atoms with Crippen LogP contribution in [0.15, 0.2) is 112 Å². The van der Waals surface area contributed by atoms with Crippen molar-refractivity contribution in [1.82, 2.24) is 10.2 Å². The number of benzene rings is 4. The third-order valence-electron chi connectivity index (χ3n) is 6.96. The van der Waals surface area contributed by atoms with Gasteiger partial charge >= 0.3 is 0 Å². The minimum atomic E-state index is -4.13. The van der Waals surface area contributed by atoms with Crippen molar-refractivity contribution in [1.29, 1.82) is 0 Å². The molecular formula is C33H34BrN3O4S. The highest BCUT2D eigenvalue weighted by molar-refractivity contribution is 9.10. The zero-order chi connectivity index (χ0) is 30.3. The normalized spacial score (nSPS) is 11.9. The highest BCUT2D eigenvalue weighted by atomic mass is 79.9. The van der Waals surface area contributed by atoms with E-state index in [4.69, 9.17) is 0 Å². The summed E-state index contributed by atoms with van der Waals surface area (Å²) in [6.07, 6.45) is 0.262. The molecule has 2 amide bonds. The molecule has 0 aliphatic carbocycles. The Balaban J connectivity index is 1.78. The van der Waals surface area contributed by atoms with Gasteiger partial charge in [0.15, 0.2) is 0 Å². The number of sulfonamides is 1. The number of hydrogen-bond donors (Lipinski definition) is 1. The number of amides is 2. The van der Waals surface area contributed by atoms with E-state index >= 15 is 0 Å². The summed E-state index contributed by atoms with van der Waals surface area (Å²) in [6.45, 7) is 3.37. The van der Waals surface area contributed by atoms with Gasteiger partial charge in [0.2, 0.25) is 11.8 Å². The summed E-state index contributed by atoms with van der Waals surface area (Å²) in [5.41, 5.74) is 3.82. The van der Waals surface area contributed by atoms with E-state index in [2.05, 4.69) is 21.2 Å². The summed E-state index contributed by atoms with van der Waals surface area (Å²) < 4.78 is 30.1. The Labute approximate surface area is 256 Å². The second-order valence-corrected chi connectivity index (χ2v) is 12.9. The molecule has 4 aromatic rings. The fourth-order valence-electron chi connectivity index (χ4n) is 4.66. The lowest BCUT2D eigenvalue weighted by Gasteiger charge is -2.33. The van der Waals surface area contributed by atoms with Gasteiger partial charge in [-0.05, 0) is 66.9 Å². The third-order valence-corrected chi connectivity index (χ3v) is 9.28. The van der Waals surface area contributed by atoms with E-state index in [1.54, 1.807) is 42.5 Å². The van der Waals surface area contributed by atoms with E-state index in [0.29, 0.717) is 5.69 Å². The second-order valence-electron chi connectivity index (χ2n) is 10.1. The molecule has 0 radical (unpaired) electrons. The van der Waals surface area contributed by atoms with Gasteiger partial charge in [0, 0.05) is 24.5 Å². The van der Waals surface area contributed by atoms with Crippen LogP contribution in [0.1, 0.15) is 22.3 Å². The fourth-order valence-corrected chi connectivity index (χ4v) is 6.33. The van der Waals surface area contributed by atoms with E-state index in [9.17, 15) is 18.0 Å². The maximum absolute atomic E-state index is 14.3. The first-order chi connectivity index (χ1) is 20.1. The molecule has 218 valence electrons. The van der Waals surface area contributed by atoms with Crippen LogP contribution in [0.4, 0.5) is 5.69 Å². The number of nitrogens with zero attached hydrogens (tertiary/aromatic N) is 2. The van der Waals surface area contributed by atoms with Crippen LogP contribution in [0, 0.1) is 13.8 Å². The van der Waals surface area contributed by atoms with Gasteiger partial charge in [0.1, 0.15) is 12.6 Å². The highest BCUT2D eigenvalue weighted by Crippen LogP contribution is 2.26. The van der Waals surface area contributed by atoms with Crippen molar-refractivity contribution in [3.05, 3.63) is 130 Å². The van der Waals surface area contributed by atoms with E-state index in [1.807, 2.05) is 74.5 Å². The highest BCUT2D eigenvalue weighted by Gasteiger charge is 2.34. The fraction of sp³-hybridized carbons (Fsp3) is 0.212. The zero-order valence-corrected chi connectivity index (χ0v) is 26.2. The Bertz CT molecular complexity index is 1630. The van der Waals surface area contributed by atoms with E-state index in [-0.39, 0.29) is 23.8 Å². The van der Waals surface area contributed by atoms with Gasteiger partial charge in [-0.25, -0.2) is 8.42 Å². The predicted octanol–water partition coefficient (Wildman–Crippen LogP) is 5.65. The summed E-state index contributed by atoms with van der Waals surface area (Å²) in [5.74, 6) is -0.840. The van der Waals surface area contributed by atoms with Crippen molar-refractivity contribution >= 4 is 43.5 Å². The lowest BCUT2D eigenvalue weighted by molar-refractivity contribution is -0.139. The molecule has 1 N–H and O–H groups in total. The number of aryl methyl sites for hydroxylation is 2. The van der Waals surface area contributed by atoms with Crippen LogP contribution in [0.3, 0.4) is 0 Å². The number of carbonyl (C=O) groups excluding carboxylic acids is 2. The van der Waals surface area contributed by atoms with E-state index in [0.717, 1.165) is 31.0 Å². The molecule has 0 aliphatic rings. The Morgan fingerprint density at radius 2 is 1.48 bits per heavy atom. The lowest BCUT2D eigenvalue weighted by Crippen LogP contribution is -2.53. The molecule has 7 nitrogen and oxygen atoms in total. The number of likely N-dealkylation sites (N-methyl/N-ethyl adjacent to an activating group) is 1. The molecule has 9 heteroatoms. The van der Waals surface area contributed by atoms with Gasteiger partial charge in [-0.1, -0.05) is 88.2 Å². The van der Waals surface area contributed by atoms with Crippen molar-refractivity contribution in [2.75, 3.05) is 17.9 Å². The average molecular weight is 649 g/mol. The first-order valence-electron chi connectivity index (χ1n) is 13.5. The number of halogens is 1. The first kappa shape index (κ1) is 31.0. The SMILES string of the molecule is CNC(=O)[C@H](Cc1ccccc1)N(Cc1ccc(Br)cc1)C(=O)CN(c1cccc(C)c1)S(=O)(=O)c1ccc(C)cc1. The molecule has 0 aromatic heterocycles. The monoisotopic (exact) mass is 647 g/mol. The van der Waals surface area contributed by atoms with E-state index in [1.165, 1.54) is 11.9 Å². The molecule has 0 aliphatic heterocycles. The van der Waals surface area contributed by atoms with Gasteiger partial charge in [-0.2, -0.15) is 0 Å². The Morgan fingerprint density at radius 3 is 2.10 bits per heavy atom. The molecule has 0 fully saturated rings. The molecule has 0 bridgehead atoms. The van der Waals surface area contributed by atoms with Crippen molar-refractivity contribution in [3.63, 3.8) is 0 Å². The number of nitrogens with one attached hydrogen (secondary N) is 1. The number of anilines is 1. The van der Waals surface area contributed by atoms with Crippen LogP contribution < -0.4 is 9.62 Å². The molecule has 0 spiro atoms. The summed E-state index contributed by atoms with van der Waals surface area (Å²) in [7, 11) is -2.59. The molecule has 1 atom stereocenters. The van der Waals surface area contributed by atoms with Crippen molar-refractivity contribution < 1.29 is 18.0 Å². The first-order valence-corrected chi connectivity index (χ1v) is 15.8. The molecule has 4 rings (SSSR count). The van der Waals surface area contributed by atoms with Crippen LogP contribution in [0.25, 0.3) is 0 Å². The van der Waals surface area contributed by atoms with Gasteiger partial charge in [0.05, 0.1) is 10.6 Å². The Kier molecular flexibility index (Phi) is 10.2. The average Bonchev–Trinajstić information content (AvgIpc) is 2.98. The molecule has 0 saturated heterocycles. The maximum atomic E-state index is 14.3. The van der Waals surface area contributed by atoms with Crippen LogP contribution in [-0.2, 0) is 32.6 Å². The number of carbonyl (C=O) groups is 2. The molecule has 0 saturated carbocycles. The summed E-state index contributed by atoms with van der Waals surface area (Å²) in [5, 5.41) is 2.70. The van der Waals surface area contributed by atoms with Crippen LogP contribution in [0.2, 0.25) is 0 Å². The van der Waals surface area contributed by atoms with Gasteiger partial charge in [-0.15, -0.1) is 0 Å². The van der Waals surface area contributed by atoms with Gasteiger partial charge in [-0.3, -0.25) is 13.9 Å². The Morgan fingerprint density at radius 1 is 0.810 bits per heavy atom. The van der Waals surface area contributed by atoms with Gasteiger partial charge in [0.25, 0.3) is 10.0 Å². The van der Waals surface area contributed by atoms with E-state index < -0.39 is 28.5 Å². The second kappa shape index (κ2) is 13.8. The minimum absolute atomic E-state index is 0.0778. The lowest BCUT2D eigenvalue weighted by atomic mass is 10.0. The molecule has 0 heterocycles. The largest absolute Gasteiger partial charge is 0.357 e. The van der Waals surface area contributed by atoms with Crippen LogP contribution >= 0.6 is 15.9 Å². The van der Waals surface area contributed by atoms with Crippen molar-refractivity contribution in [2.24, 2.45) is 0 Å². The Hall–Kier alpha value is -3.95. The quantitative estimate of drug-likeness (QED) is 0.228. The van der Waals surface area contributed by atoms with Crippen molar-refractivity contribution in [2.45, 2.75) is 37.8 Å². The third kappa shape index (κ3) is 7.66. The molecule has 0 unspecified atom stereocenters. The molecular weight excluding hydrogens is 614 g/mol. The standard InChI is InChI=1S/C33H34BrN3O4S/c1-24-12-18-30(19-13-24)42(40,41)37(29-11-7-8-25(2)20-29)23-32(38)36(22-27-14-16-28(34)17-15-27)31(33(39)35-3)21-26-9-5-4-6-10-26/h4-20,31H,21-23H2,1-3H3,(H,35,39)/t31-/m0/s1. The molecule has 42 heavy (non-hydrogen) atoms. The zero-order valence-electron chi connectivity index (χ0n) is 23.8. The van der Waals surface area contributed by atoms with Gasteiger partial charge < -0.3 is 10.2 Å². The van der Waals surface area contributed by atoms with Crippen molar-refractivity contribution in [3.8, 4) is 0 Å². The smallest absolute Gasteiger partial charge is 0.264 e.